The highest BCUT2D eigenvalue weighted by Gasteiger charge is 2.18. The number of carbonyl (C=O) groups is 6. The molecular formula is C14H18O6. The quantitative estimate of drug-likeness (QED) is 0.519. The predicted octanol–water partition coefficient (Wildman–Crippen LogP) is 0.781. The van der Waals surface area contributed by atoms with E-state index in [-0.39, 0.29) is 30.8 Å². The molecule has 0 bridgehead atoms. The zero-order valence-corrected chi connectivity index (χ0v) is 11.7. The smallest absolute Gasteiger partial charge is 0.147 e. The fourth-order valence-electron chi connectivity index (χ4n) is 1.53. The first-order valence-corrected chi connectivity index (χ1v) is 6.32. The highest BCUT2D eigenvalue weighted by molar-refractivity contribution is 6.15. The van der Waals surface area contributed by atoms with Gasteiger partial charge in [-0.15, -0.1) is 0 Å². The maximum Gasteiger partial charge on any atom is 0.147 e. The van der Waals surface area contributed by atoms with Gasteiger partial charge in [0.15, 0.2) is 0 Å². The summed E-state index contributed by atoms with van der Waals surface area (Å²) in [4.78, 5) is 66.9. The third kappa shape index (κ3) is 9.02. The first kappa shape index (κ1) is 18.0. The van der Waals surface area contributed by atoms with Crippen molar-refractivity contribution in [2.75, 3.05) is 0 Å². The van der Waals surface area contributed by atoms with Gasteiger partial charge in [0.25, 0.3) is 0 Å². The van der Waals surface area contributed by atoms with Crippen LogP contribution < -0.4 is 0 Å². The van der Waals surface area contributed by atoms with Crippen molar-refractivity contribution in [3.8, 4) is 0 Å². The fourth-order valence-corrected chi connectivity index (χ4v) is 1.53. The summed E-state index contributed by atoms with van der Waals surface area (Å²) in [5, 5.41) is 0. The Morgan fingerprint density at radius 3 is 1.15 bits per heavy atom. The highest BCUT2D eigenvalue weighted by atomic mass is 16.2. The number of hydrogen-bond donors (Lipinski definition) is 0. The molecule has 0 aliphatic rings. The molecule has 0 aromatic rings. The van der Waals surface area contributed by atoms with E-state index in [1.807, 2.05) is 0 Å². The zero-order chi connectivity index (χ0) is 15.7. The summed E-state index contributed by atoms with van der Waals surface area (Å²) in [6, 6.07) is 0. The molecule has 0 fully saturated rings. The van der Waals surface area contributed by atoms with Crippen LogP contribution in [-0.2, 0) is 28.8 Å². The number of Topliss-reactive ketones (excluding diaryl/α,β-unsaturated/α-hetero) is 6. The fraction of sp³-hybridized carbons (Fsp3) is 0.571. The maximum absolute atomic E-state index is 11.4. The summed E-state index contributed by atoms with van der Waals surface area (Å²) in [5.41, 5.74) is 0. The number of ketones is 6. The van der Waals surface area contributed by atoms with Crippen LogP contribution in [0.3, 0.4) is 0 Å². The van der Waals surface area contributed by atoms with Gasteiger partial charge < -0.3 is 0 Å². The molecule has 0 aromatic carbocycles. The molecule has 0 saturated heterocycles. The monoisotopic (exact) mass is 282 g/mol. The minimum atomic E-state index is -0.615. The van der Waals surface area contributed by atoms with Crippen molar-refractivity contribution in [2.45, 2.75) is 52.4 Å². The SMILES string of the molecule is CCC(=O)CC(=O)CC(=O)CC(=O)CC(=O)CC(C)=O. The van der Waals surface area contributed by atoms with Gasteiger partial charge in [-0.3, -0.25) is 28.8 Å². The van der Waals surface area contributed by atoms with E-state index in [0.29, 0.717) is 0 Å². The van der Waals surface area contributed by atoms with Gasteiger partial charge in [-0.25, -0.2) is 0 Å². The summed E-state index contributed by atoms with van der Waals surface area (Å²) >= 11 is 0. The Hall–Kier alpha value is -1.98. The van der Waals surface area contributed by atoms with E-state index in [0.717, 1.165) is 0 Å². The first-order chi connectivity index (χ1) is 9.24. The number of hydrogen-bond acceptors (Lipinski definition) is 6. The van der Waals surface area contributed by atoms with Crippen LogP contribution in [0.2, 0.25) is 0 Å². The summed E-state index contributed by atoms with van der Waals surface area (Å²) in [5.74, 6) is -2.89. The Bertz CT molecular complexity index is 447. The van der Waals surface area contributed by atoms with Crippen LogP contribution in [0.25, 0.3) is 0 Å². The van der Waals surface area contributed by atoms with Crippen LogP contribution in [0.4, 0.5) is 0 Å². The molecule has 110 valence electrons. The zero-order valence-electron chi connectivity index (χ0n) is 11.7. The van der Waals surface area contributed by atoms with E-state index in [1.54, 1.807) is 6.92 Å². The van der Waals surface area contributed by atoms with Gasteiger partial charge in [0.05, 0.1) is 32.1 Å². The average molecular weight is 282 g/mol. The van der Waals surface area contributed by atoms with Crippen LogP contribution in [0.15, 0.2) is 0 Å². The van der Waals surface area contributed by atoms with Crippen molar-refractivity contribution in [2.24, 2.45) is 0 Å². The van der Waals surface area contributed by atoms with Crippen LogP contribution in [0, 0.1) is 0 Å². The molecule has 0 amide bonds. The second-order valence-electron chi connectivity index (χ2n) is 4.63. The van der Waals surface area contributed by atoms with Gasteiger partial charge in [-0.05, 0) is 6.92 Å². The lowest BCUT2D eigenvalue weighted by molar-refractivity contribution is -0.131. The van der Waals surface area contributed by atoms with Gasteiger partial charge >= 0.3 is 0 Å². The molecule has 0 radical (unpaired) electrons. The maximum atomic E-state index is 11.4. The number of carbonyl (C=O) groups excluding carboxylic acids is 6. The van der Waals surface area contributed by atoms with E-state index in [1.165, 1.54) is 6.92 Å². The largest absolute Gasteiger partial charge is 0.300 e. The molecule has 0 aromatic heterocycles. The van der Waals surface area contributed by atoms with Gasteiger partial charge in [0, 0.05) is 6.42 Å². The number of rotatable bonds is 11. The summed E-state index contributed by atoms with van der Waals surface area (Å²) in [6.45, 7) is 2.85. The molecule has 0 rings (SSSR count). The Morgan fingerprint density at radius 1 is 0.550 bits per heavy atom. The van der Waals surface area contributed by atoms with Crippen molar-refractivity contribution in [1.29, 1.82) is 0 Å². The van der Waals surface area contributed by atoms with Crippen molar-refractivity contribution >= 4 is 34.7 Å². The van der Waals surface area contributed by atoms with E-state index in [2.05, 4.69) is 0 Å². The highest BCUT2D eigenvalue weighted by Crippen LogP contribution is 2.02. The van der Waals surface area contributed by atoms with Crippen LogP contribution in [0.1, 0.15) is 52.4 Å². The van der Waals surface area contributed by atoms with Crippen molar-refractivity contribution < 1.29 is 28.8 Å². The minimum absolute atomic E-state index is 0.221. The normalized spacial score (nSPS) is 9.90. The minimum Gasteiger partial charge on any atom is -0.300 e. The molecule has 0 unspecified atom stereocenters. The Morgan fingerprint density at radius 2 is 0.850 bits per heavy atom. The molecule has 6 heteroatoms. The predicted molar refractivity (Wildman–Crippen MR) is 69.1 cm³/mol. The lowest BCUT2D eigenvalue weighted by Crippen LogP contribution is -2.17. The van der Waals surface area contributed by atoms with Gasteiger partial charge in [0.2, 0.25) is 0 Å². The first-order valence-electron chi connectivity index (χ1n) is 6.32. The third-order valence-electron chi connectivity index (χ3n) is 2.42. The van der Waals surface area contributed by atoms with Crippen molar-refractivity contribution in [3.63, 3.8) is 0 Å². The van der Waals surface area contributed by atoms with Crippen LogP contribution in [0.5, 0.6) is 0 Å². The molecule has 0 saturated carbocycles. The van der Waals surface area contributed by atoms with E-state index >= 15 is 0 Å². The molecule has 0 atom stereocenters. The molecular weight excluding hydrogens is 264 g/mol. The summed E-state index contributed by atoms with van der Waals surface area (Å²) in [6.07, 6.45) is -1.89. The van der Waals surface area contributed by atoms with Crippen molar-refractivity contribution in [3.05, 3.63) is 0 Å². The molecule has 0 aliphatic heterocycles. The summed E-state index contributed by atoms with van der Waals surface area (Å²) in [7, 11) is 0. The lowest BCUT2D eigenvalue weighted by Gasteiger charge is -2.00. The standard InChI is InChI=1S/C14H18O6/c1-3-10(16)5-12(18)7-14(20)8-13(19)6-11(17)4-9(2)15/h3-8H2,1-2H3. The molecule has 6 nitrogen and oxygen atoms in total. The van der Waals surface area contributed by atoms with Crippen LogP contribution >= 0.6 is 0 Å². The lowest BCUT2D eigenvalue weighted by atomic mass is 10.0. The molecule has 0 N–H and O–H groups in total. The molecule has 20 heavy (non-hydrogen) atoms. The Kier molecular flexibility index (Phi) is 8.12. The van der Waals surface area contributed by atoms with E-state index in [4.69, 9.17) is 0 Å². The van der Waals surface area contributed by atoms with Crippen LogP contribution in [-0.4, -0.2) is 34.7 Å². The molecule has 0 spiro atoms. The van der Waals surface area contributed by atoms with Gasteiger partial charge in [-0.2, -0.15) is 0 Å². The average Bonchev–Trinajstić information content (AvgIpc) is 2.26. The van der Waals surface area contributed by atoms with E-state index in [9.17, 15) is 28.8 Å². The van der Waals surface area contributed by atoms with E-state index < -0.39 is 42.4 Å². The second kappa shape index (κ2) is 9.01. The summed E-state index contributed by atoms with van der Waals surface area (Å²) < 4.78 is 0. The van der Waals surface area contributed by atoms with Crippen molar-refractivity contribution in [1.82, 2.24) is 0 Å². The van der Waals surface area contributed by atoms with Gasteiger partial charge in [0.1, 0.15) is 34.7 Å². The second-order valence-corrected chi connectivity index (χ2v) is 4.63. The molecule has 0 aliphatic carbocycles. The van der Waals surface area contributed by atoms with Gasteiger partial charge in [-0.1, -0.05) is 6.92 Å². The topological polar surface area (TPSA) is 102 Å². The Balaban J connectivity index is 4.11. The third-order valence-corrected chi connectivity index (χ3v) is 2.42. The molecule has 0 heterocycles. The Labute approximate surface area is 116 Å².